The predicted octanol–water partition coefficient (Wildman–Crippen LogP) is 5.95. The Bertz CT molecular complexity index is 1560. The van der Waals surface area contributed by atoms with Crippen molar-refractivity contribution in [3.05, 3.63) is 89.1 Å². The molecule has 0 radical (unpaired) electrons. The van der Waals surface area contributed by atoms with E-state index in [0.29, 0.717) is 17.3 Å². The molecule has 0 spiro atoms. The van der Waals surface area contributed by atoms with Crippen LogP contribution in [0.4, 0.5) is 21.9 Å². The first-order chi connectivity index (χ1) is 20.1. The number of aromatic nitrogens is 1. The van der Waals surface area contributed by atoms with Crippen molar-refractivity contribution in [1.82, 2.24) is 15.2 Å². The lowest BCUT2D eigenvalue weighted by molar-refractivity contribution is -0.121. The Balaban J connectivity index is 1.48. The van der Waals surface area contributed by atoms with Gasteiger partial charge in [0.1, 0.15) is 6.04 Å². The van der Waals surface area contributed by atoms with Gasteiger partial charge in [-0.3, -0.25) is 4.79 Å². The molecule has 3 aromatic carbocycles. The molecule has 4 aromatic rings. The van der Waals surface area contributed by atoms with Crippen molar-refractivity contribution in [3.8, 4) is 0 Å². The molecular weight excluding hydrogens is 548 g/mol. The van der Waals surface area contributed by atoms with Gasteiger partial charge in [-0.05, 0) is 86.1 Å². The lowest BCUT2D eigenvalue weighted by Gasteiger charge is -2.38. The minimum absolute atomic E-state index is 0.155. The Labute approximate surface area is 252 Å². The number of para-hydroxylation sites is 1. The average molecular weight is 587 g/mol. The smallest absolute Gasteiger partial charge is 0.319 e. The van der Waals surface area contributed by atoms with E-state index in [4.69, 9.17) is 11.6 Å². The average Bonchev–Trinajstić information content (AvgIpc) is 3.39. The molecule has 0 saturated heterocycles. The zero-order valence-electron chi connectivity index (χ0n) is 24.8. The summed E-state index contributed by atoms with van der Waals surface area (Å²) >= 11 is 6.38. The molecule has 3 amide bonds. The van der Waals surface area contributed by atoms with Gasteiger partial charge in [0.05, 0.1) is 0 Å². The molecule has 0 saturated carbocycles. The van der Waals surface area contributed by atoms with Gasteiger partial charge in [0.25, 0.3) is 0 Å². The summed E-state index contributed by atoms with van der Waals surface area (Å²) in [6.07, 6.45) is 2.77. The van der Waals surface area contributed by atoms with Crippen LogP contribution in [0.2, 0.25) is 5.02 Å². The molecule has 0 fully saturated rings. The summed E-state index contributed by atoms with van der Waals surface area (Å²) in [5.41, 5.74) is 5.51. The normalized spacial score (nSPS) is 16.2. The van der Waals surface area contributed by atoms with Gasteiger partial charge in [0.2, 0.25) is 5.91 Å². The van der Waals surface area contributed by atoms with Crippen molar-refractivity contribution in [3.63, 3.8) is 0 Å². The van der Waals surface area contributed by atoms with Crippen LogP contribution in [0.5, 0.6) is 0 Å². The molecule has 2 unspecified atom stereocenters. The van der Waals surface area contributed by atoms with Crippen LogP contribution in [0.25, 0.3) is 10.9 Å². The van der Waals surface area contributed by atoms with Crippen LogP contribution >= 0.6 is 11.6 Å². The number of urea groups is 1. The first-order valence-corrected chi connectivity index (χ1v) is 14.6. The molecule has 0 aliphatic carbocycles. The number of H-pyrrole nitrogens is 1. The SMILES string of the molecule is CC(c1c[nH]c2ccccc12)C(NC(=O)Nc1ccc(N(C)C)cc1)C(=O)N1C[C@@H](CN(C)C)Cc2cc(Cl)ccc21. The largest absolute Gasteiger partial charge is 0.378 e. The monoisotopic (exact) mass is 586 g/mol. The molecule has 1 aliphatic rings. The maximum Gasteiger partial charge on any atom is 0.319 e. The van der Waals surface area contributed by atoms with Crippen LogP contribution in [0, 0.1) is 5.92 Å². The maximum absolute atomic E-state index is 14.6. The Morgan fingerprint density at radius 3 is 2.50 bits per heavy atom. The number of nitrogens with one attached hydrogen (secondary N) is 3. The zero-order valence-corrected chi connectivity index (χ0v) is 25.6. The highest BCUT2D eigenvalue weighted by atomic mass is 35.5. The van der Waals surface area contributed by atoms with Crippen LogP contribution in [-0.2, 0) is 11.2 Å². The van der Waals surface area contributed by atoms with Gasteiger partial charge >= 0.3 is 6.03 Å². The van der Waals surface area contributed by atoms with Crippen LogP contribution in [-0.4, -0.2) is 69.1 Å². The van der Waals surface area contributed by atoms with Gasteiger partial charge in [-0.25, -0.2) is 4.79 Å². The number of rotatable bonds is 8. The molecule has 8 nitrogen and oxygen atoms in total. The fourth-order valence-electron chi connectivity index (χ4n) is 5.93. The fourth-order valence-corrected chi connectivity index (χ4v) is 6.13. The van der Waals surface area contributed by atoms with Crippen molar-refractivity contribution in [2.75, 3.05) is 56.4 Å². The molecule has 3 N–H and O–H groups in total. The third-order valence-corrected chi connectivity index (χ3v) is 8.21. The van der Waals surface area contributed by atoms with E-state index >= 15 is 0 Å². The third kappa shape index (κ3) is 6.40. The summed E-state index contributed by atoms with van der Waals surface area (Å²) in [7, 11) is 8.01. The number of anilines is 3. The van der Waals surface area contributed by atoms with Gasteiger partial charge in [-0.15, -0.1) is 0 Å². The Morgan fingerprint density at radius 2 is 1.79 bits per heavy atom. The van der Waals surface area contributed by atoms with Crippen molar-refractivity contribution >= 4 is 51.5 Å². The van der Waals surface area contributed by atoms with E-state index in [-0.39, 0.29) is 17.7 Å². The van der Waals surface area contributed by atoms with E-state index in [1.54, 1.807) is 0 Å². The minimum Gasteiger partial charge on any atom is -0.378 e. The number of fused-ring (bicyclic) bond motifs is 2. The molecule has 220 valence electrons. The van der Waals surface area contributed by atoms with E-state index in [1.165, 1.54) is 0 Å². The van der Waals surface area contributed by atoms with Crippen LogP contribution in [0.1, 0.15) is 24.0 Å². The number of halogens is 1. The number of amides is 3. The number of aromatic amines is 1. The number of hydrogen-bond acceptors (Lipinski definition) is 4. The van der Waals surface area contributed by atoms with E-state index in [1.807, 2.05) is 118 Å². The molecular formula is C33H39ClN6O2. The van der Waals surface area contributed by atoms with Gasteiger partial charge in [-0.1, -0.05) is 36.7 Å². The van der Waals surface area contributed by atoms with Crippen LogP contribution < -0.4 is 20.4 Å². The highest BCUT2D eigenvalue weighted by Gasteiger charge is 2.37. The summed E-state index contributed by atoms with van der Waals surface area (Å²) in [4.78, 5) is 37.3. The van der Waals surface area contributed by atoms with Crippen molar-refractivity contribution in [2.45, 2.75) is 25.3 Å². The minimum atomic E-state index is -0.827. The summed E-state index contributed by atoms with van der Waals surface area (Å²) in [5, 5.41) is 7.65. The van der Waals surface area contributed by atoms with Crippen LogP contribution in [0.3, 0.4) is 0 Å². The molecule has 2 heterocycles. The lowest BCUT2D eigenvalue weighted by atomic mass is 9.88. The highest BCUT2D eigenvalue weighted by Crippen LogP contribution is 2.35. The van der Waals surface area contributed by atoms with Gasteiger partial charge in [-0.2, -0.15) is 0 Å². The molecule has 5 rings (SSSR count). The topological polar surface area (TPSA) is 83.7 Å². The van der Waals surface area contributed by atoms with Crippen molar-refractivity contribution < 1.29 is 9.59 Å². The molecule has 1 aromatic heterocycles. The van der Waals surface area contributed by atoms with Crippen molar-refractivity contribution in [1.29, 1.82) is 0 Å². The molecule has 0 bridgehead atoms. The second-order valence-electron chi connectivity index (χ2n) is 11.6. The Kier molecular flexibility index (Phi) is 8.75. The fraction of sp³-hybridized carbons (Fsp3) is 0.333. The number of benzene rings is 3. The summed E-state index contributed by atoms with van der Waals surface area (Å²) < 4.78 is 0. The second-order valence-corrected chi connectivity index (χ2v) is 12.1. The summed E-state index contributed by atoms with van der Waals surface area (Å²) in [5.74, 6) is -0.249. The first-order valence-electron chi connectivity index (χ1n) is 14.3. The van der Waals surface area contributed by atoms with Gasteiger partial charge < -0.3 is 30.3 Å². The predicted molar refractivity (Wildman–Crippen MR) is 173 cm³/mol. The standard InChI is InChI=1S/C33H39ClN6O2/c1-21(28-18-35-29-9-7-6-8-27(28)29)31(37-33(42)36-25-11-13-26(14-12-25)39(4)5)32(41)40-20-22(19-38(2)3)16-23-17-24(34)10-15-30(23)40/h6-15,17-18,21-22,31,35H,16,19-20H2,1-5H3,(H2,36,37,42)/t21?,22-,31?/m1/s1. The Hall–Kier alpha value is -4.01. The van der Waals surface area contributed by atoms with Gasteiger partial charge in [0, 0.05) is 72.3 Å². The number of carbonyl (C=O) groups is 2. The summed E-state index contributed by atoms with van der Waals surface area (Å²) in [6.45, 7) is 3.38. The Morgan fingerprint density at radius 1 is 1.05 bits per heavy atom. The number of hydrogen-bond donors (Lipinski definition) is 3. The maximum atomic E-state index is 14.6. The first kappa shape index (κ1) is 29.5. The summed E-state index contributed by atoms with van der Waals surface area (Å²) in [6, 6.07) is 20.0. The second kappa shape index (κ2) is 12.5. The quantitative estimate of drug-likeness (QED) is 0.238. The molecule has 1 aliphatic heterocycles. The number of carbonyl (C=O) groups excluding carboxylic acids is 2. The lowest BCUT2D eigenvalue weighted by Crippen LogP contribution is -2.54. The molecule has 42 heavy (non-hydrogen) atoms. The van der Waals surface area contributed by atoms with E-state index in [9.17, 15) is 9.59 Å². The van der Waals surface area contributed by atoms with Gasteiger partial charge in [0.15, 0.2) is 0 Å². The van der Waals surface area contributed by atoms with Crippen molar-refractivity contribution in [2.24, 2.45) is 5.92 Å². The number of nitrogens with zero attached hydrogens (tertiary/aromatic N) is 3. The molecule has 3 atom stereocenters. The zero-order chi connectivity index (χ0) is 30.0. The molecule has 9 heteroatoms. The van der Waals surface area contributed by atoms with E-state index in [0.717, 1.165) is 46.4 Å². The third-order valence-electron chi connectivity index (χ3n) is 7.98. The van der Waals surface area contributed by atoms with E-state index < -0.39 is 12.1 Å². The van der Waals surface area contributed by atoms with E-state index in [2.05, 4.69) is 20.5 Å². The highest BCUT2D eigenvalue weighted by molar-refractivity contribution is 6.30. The van der Waals surface area contributed by atoms with Crippen LogP contribution in [0.15, 0.2) is 72.9 Å².